The summed E-state index contributed by atoms with van der Waals surface area (Å²) in [5, 5.41) is 6.56. The van der Waals surface area contributed by atoms with E-state index in [1.807, 2.05) is 31.2 Å². The molecule has 0 aliphatic heterocycles. The number of aromatic nitrogens is 1. The van der Waals surface area contributed by atoms with Gasteiger partial charge in [-0.25, -0.2) is 4.79 Å². The van der Waals surface area contributed by atoms with Crippen molar-refractivity contribution in [2.24, 2.45) is 0 Å². The van der Waals surface area contributed by atoms with Crippen molar-refractivity contribution < 1.29 is 14.1 Å². The molecule has 21 heavy (non-hydrogen) atoms. The standard InChI is InChI=1S/C15H19N3O3/c1-11-8-14(21-17-11)9-16-15(19)18(2)10-12-4-6-13(20-3)7-5-12/h4-8H,9-10H2,1-3H3,(H,16,19). The largest absolute Gasteiger partial charge is 0.497 e. The molecule has 0 radical (unpaired) electrons. The lowest BCUT2D eigenvalue weighted by molar-refractivity contribution is 0.205. The zero-order valence-electron chi connectivity index (χ0n) is 12.4. The zero-order valence-corrected chi connectivity index (χ0v) is 12.4. The maximum Gasteiger partial charge on any atom is 0.317 e. The maximum absolute atomic E-state index is 12.0. The number of carbonyl (C=O) groups excluding carboxylic acids is 1. The molecule has 0 fully saturated rings. The predicted octanol–water partition coefficient (Wildman–Crippen LogP) is 2.33. The van der Waals surface area contributed by atoms with Gasteiger partial charge in [-0.1, -0.05) is 17.3 Å². The number of urea groups is 1. The molecule has 2 rings (SSSR count). The lowest BCUT2D eigenvalue weighted by Gasteiger charge is -2.17. The van der Waals surface area contributed by atoms with E-state index in [1.165, 1.54) is 0 Å². The highest BCUT2D eigenvalue weighted by Gasteiger charge is 2.10. The lowest BCUT2D eigenvalue weighted by atomic mass is 10.2. The van der Waals surface area contributed by atoms with Crippen molar-refractivity contribution in [3.8, 4) is 5.75 Å². The summed E-state index contributed by atoms with van der Waals surface area (Å²) in [4.78, 5) is 13.6. The monoisotopic (exact) mass is 289 g/mol. The number of rotatable bonds is 5. The van der Waals surface area contributed by atoms with Gasteiger partial charge in [-0.15, -0.1) is 0 Å². The number of aryl methyl sites for hydroxylation is 1. The van der Waals surface area contributed by atoms with Gasteiger partial charge in [0.1, 0.15) is 5.75 Å². The molecule has 2 amide bonds. The van der Waals surface area contributed by atoms with Crippen LogP contribution in [-0.2, 0) is 13.1 Å². The first-order chi connectivity index (χ1) is 10.1. The summed E-state index contributed by atoms with van der Waals surface area (Å²) in [5.74, 6) is 1.44. The van der Waals surface area contributed by atoms with E-state index in [-0.39, 0.29) is 6.03 Å². The minimum absolute atomic E-state index is 0.167. The van der Waals surface area contributed by atoms with Crippen molar-refractivity contribution in [3.05, 3.63) is 47.3 Å². The average Bonchev–Trinajstić information content (AvgIpc) is 2.91. The first kappa shape index (κ1) is 14.9. The normalized spacial score (nSPS) is 10.2. The second kappa shape index (κ2) is 6.78. The molecular weight excluding hydrogens is 270 g/mol. The van der Waals surface area contributed by atoms with Crippen molar-refractivity contribution >= 4 is 6.03 Å². The summed E-state index contributed by atoms with van der Waals surface area (Å²) in [6.07, 6.45) is 0. The van der Waals surface area contributed by atoms with Gasteiger partial charge in [0, 0.05) is 19.7 Å². The third-order valence-electron chi connectivity index (χ3n) is 3.02. The van der Waals surface area contributed by atoms with Crippen LogP contribution < -0.4 is 10.1 Å². The molecule has 0 spiro atoms. The maximum atomic E-state index is 12.0. The van der Waals surface area contributed by atoms with Crippen LogP contribution in [0.15, 0.2) is 34.9 Å². The van der Waals surface area contributed by atoms with E-state index in [9.17, 15) is 4.79 Å². The van der Waals surface area contributed by atoms with E-state index in [0.717, 1.165) is 17.0 Å². The molecule has 0 unspecified atom stereocenters. The molecule has 6 nitrogen and oxygen atoms in total. The van der Waals surface area contributed by atoms with Crippen LogP contribution in [0.1, 0.15) is 17.0 Å². The minimum Gasteiger partial charge on any atom is -0.497 e. The third kappa shape index (κ3) is 4.24. The van der Waals surface area contributed by atoms with Crippen LogP contribution >= 0.6 is 0 Å². The van der Waals surface area contributed by atoms with E-state index in [1.54, 1.807) is 25.1 Å². The molecule has 0 saturated heterocycles. The Labute approximate surface area is 123 Å². The Morgan fingerprint density at radius 3 is 2.67 bits per heavy atom. The highest BCUT2D eigenvalue weighted by Crippen LogP contribution is 2.12. The summed E-state index contributed by atoms with van der Waals surface area (Å²) >= 11 is 0. The van der Waals surface area contributed by atoms with Crippen molar-refractivity contribution in [1.82, 2.24) is 15.4 Å². The van der Waals surface area contributed by atoms with E-state index in [4.69, 9.17) is 9.26 Å². The number of hydrogen-bond acceptors (Lipinski definition) is 4. The Morgan fingerprint density at radius 2 is 2.10 bits per heavy atom. The number of benzene rings is 1. The summed E-state index contributed by atoms with van der Waals surface area (Å²) in [6, 6.07) is 9.24. The molecule has 0 atom stereocenters. The molecule has 0 aliphatic carbocycles. The van der Waals surface area contributed by atoms with Crippen LogP contribution in [0.4, 0.5) is 4.79 Å². The third-order valence-corrected chi connectivity index (χ3v) is 3.02. The number of nitrogens with one attached hydrogen (secondary N) is 1. The first-order valence-corrected chi connectivity index (χ1v) is 6.62. The molecule has 0 bridgehead atoms. The molecule has 1 aromatic heterocycles. The second-order valence-corrected chi connectivity index (χ2v) is 4.80. The molecule has 1 aromatic carbocycles. The van der Waals surface area contributed by atoms with Crippen LogP contribution in [-0.4, -0.2) is 30.2 Å². The molecule has 0 saturated carbocycles. The van der Waals surface area contributed by atoms with Crippen LogP contribution in [0.5, 0.6) is 5.75 Å². The SMILES string of the molecule is COc1ccc(CN(C)C(=O)NCc2cc(C)no2)cc1. The van der Waals surface area contributed by atoms with Gasteiger partial charge >= 0.3 is 6.03 Å². The van der Waals surface area contributed by atoms with Gasteiger partial charge < -0.3 is 19.5 Å². The number of methoxy groups -OCH3 is 1. The van der Waals surface area contributed by atoms with Gasteiger partial charge in [-0.2, -0.15) is 0 Å². The molecule has 1 N–H and O–H groups in total. The Hall–Kier alpha value is -2.50. The van der Waals surface area contributed by atoms with Crippen molar-refractivity contribution in [1.29, 1.82) is 0 Å². The van der Waals surface area contributed by atoms with Crippen molar-refractivity contribution in [2.45, 2.75) is 20.0 Å². The zero-order chi connectivity index (χ0) is 15.2. The predicted molar refractivity (Wildman–Crippen MR) is 77.9 cm³/mol. The fourth-order valence-corrected chi connectivity index (χ4v) is 1.87. The highest BCUT2D eigenvalue weighted by atomic mass is 16.5. The van der Waals surface area contributed by atoms with Crippen LogP contribution in [0.25, 0.3) is 0 Å². The van der Waals surface area contributed by atoms with Gasteiger partial charge in [0.05, 0.1) is 19.3 Å². The number of ether oxygens (including phenoxy) is 1. The molecule has 1 heterocycles. The fraction of sp³-hybridized carbons (Fsp3) is 0.333. The summed E-state index contributed by atoms with van der Waals surface area (Å²) in [5.41, 5.74) is 1.83. The smallest absolute Gasteiger partial charge is 0.317 e. The van der Waals surface area contributed by atoms with Gasteiger partial charge in [0.25, 0.3) is 0 Å². The van der Waals surface area contributed by atoms with E-state index in [0.29, 0.717) is 18.8 Å². The van der Waals surface area contributed by atoms with Crippen molar-refractivity contribution in [3.63, 3.8) is 0 Å². The van der Waals surface area contributed by atoms with Crippen LogP contribution in [0, 0.1) is 6.92 Å². The lowest BCUT2D eigenvalue weighted by Crippen LogP contribution is -2.36. The minimum atomic E-state index is -0.167. The Bertz CT molecular complexity index is 592. The quantitative estimate of drug-likeness (QED) is 0.917. The van der Waals surface area contributed by atoms with Crippen LogP contribution in [0.3, 0.4) is 0 Å². The molecule has 112 valence electrons. The van der Waals surface area contributed by atoms with Gasteiger partial charge in [0.15, 0.2) is 5.76 Å². The van der Waals surface area contributed by atoms with E-state index < -0.39 is 0 Å². The summed E-state index contributed by atoms with van der Waals surface area (Å²) in [6.45, 7) is 2.68. The van der Waals surface area contributed by atoms with Gasteiger partial charge in [-0.3, -0.25) is 0 Å². The number of amides is 2. The Morgan fingerprint density at radius 1 is 1.38 bits per heavy atom. The fourth-order valence-electron chi connectivity index (χ4n) is 1.87. The van der Waals surface area contributed by atoms with E-state index in [2.05, 4.69) is 10.5 Å². The van der Waals surface area contributed by atoms with Gasteiger partial charge in [-0.05, 0) is 24.6 Å². The van der Waals surface area contributed by atoms with Crippen LogP contribution in [0.2, 0.25) is 0 Å². The highest BCUT2D eigenvalue weighted by molar-refractivity contribution is 5.73. The topological polar surface area (TPSA) is 67.6 Å². The first-order valence-electron chi connectivity index (χ1n) is 6.62. The number of hydrogen-bond donors (Lipinski definition) is 1. The average molecular weight is 289 g/mol. The molecule has 6 heteroatoms. The molecule has 0 aliphatic rings. The Balaban J connectivity index is 1.83. The van der Waals surface area contributed by atoms with Gasteiger partial charge in [0.2, 0.25) is 0 Å². The second-order valence-electron chi connectivity index (χ2n) is 4.80. The van der Waals surface area contributed by atoms with Crippen molar-refractivity contribution in [2.75, 3.05) is 14.2 Å². The van der Waals surface area contributed by atoms with E-state index >= 15 is 0 Å². The number of carbonyl (C=O) groups is 1. The molecular formula is C15H19N3O3. The molecule has 2 aromatic rings. The Kier molecular flexibility index (Phi) is 4.81. The summed E-state index contributed by atoms with van der Waals surface area (Å²) < 4.78 is 10.1. The number of nitrogens with zero attached hydrogens (tertiary/aromatic N) is 2. The summed E-state index contributed by atoms with van der Waals surface area (Å²) in [7, 11) is 3.37.